The maximum absolute atomic E-state index is 13.2. The molecule has 0 aliphatic carbocycles. The van der Waals surface area contributed by atoms with Gasteiger partial charge in [-0.15, -0.1) is 0 Å². The van der Waals surface area contributed by atoms with Gasteiger partial charge < -0.3 is 10.1 Å². The van der Waals surface area contributed by atoms with Crippen LogP contribution >= 0.6 is 0 Å². The van der Waals surface area contributed by atoms with Crippen LogP contribution in [0.1, 0.15) is 46.1 Å². The van der Waals surface area contributed by atoms with E-state index >= 15 is 0 Å². The molecule has 2 atom stereocenters. The van der Waals surface area contributed by atoms with Gasteiger partial charge in [-0.25, -0.2) is 4.39 Å². The number of ether oxygens (including phenoxy) is 1. The summed E-state index contributed by atoms with van der Waals surface area (Å²) in [7, 11) is 0. The van der Waals surface area contributed by atoms with Crippen molar-refractivity contribution in [2.75, 3.05) is 6.54 Å². The Morgan fingerprint density at radius 1 is 1.33 bits per heavy atom. The zero-order chi connectivity index (χ0) is 15.7. The third-order valence-corrected chi connectivity index (χ3v) is 3.93. The van der Waals surface area contributed by atoms with Gasteiger partial charge in [0.25, 0.3) is 0 Å². The SMILES string of the molecule is CC1CC(OC(=O)C(C)(C)C)(c2ccc(F)cc2)CCN1. The first-order valence-corrected chi connectivity index (χ1v) is 7.46. The van der Waals surface area contributed by atoms with E-state index in [-0.39, 0.29) is 17.8 Å². The van der Waals surface area contributed by atoms with E-state index in [0.717, 1.165) is 12.1 Å². The Balaban J connectivity index is 2.35. The summed E-state index contributed by atoms with van der Waals surface area (Å²) < 4.78 is 19.1. The highest BCUT2D eigenvalue weighted by Gasteiger charge is 2.42. The lowest BCUT2D eigenvalue weighted by Gasteiger charge is -2.41. The van der Waals surface area contributed by atoms with E-state index in [0.29, 0.717) is 12.8 Å². The van der Waals surface area contributed by atoms with E-state index in [1.54, 1.807) is 12.1 Å². The van der Waals surface area contributed by atoms with Gasteiger partial charge in [0.1, 0.15) is 11.4 Å². The first-order chi connectivity index (χ1) is 9.73. The Labute approximate surface area is 125 Å². The molecule has 0 bridgehead atoms. The number of halogens is 1. The molecule has 4 heteroatoms. The molecule has 1 heterocycles. The minimum Gasteiger partial charge on any atom is -0.454 e. The lowest BCUT2D eigenvalue weighted by molar-refractivity contribution is -0.175. The van der Waals surface area contributed by atoms with Gasteiger partial charge in [0, 0.05) is 18.9 Å². The zero-order valence-electron chi connectivity index (χ0n) is 13.2. The summed E-state index contributed by atoms with van der Waals surface area (Å²) in [5.41, 5.74) is -0.348. The van der Waals surface area contributed by atoms with Crippen molar-refractivity contribution in [3.8, 4) is 0 Å². The van der Waals surface area contributed by atoms with E-state index < -0.39 is 11.0 Å². The Morgan fingerprint density at radius 3 is 2.48 bits per heavy atom. The van der Waals surface area contributed by atoms with Crippen molar-refractivity contribution in [1.29, 1.82) is 0 Å². The van der Waals surface area contributed by atoms with E-state index in [2.05, 4.69) is 12.2 Å². The molecule has 1 aromatic rings. The molecule has 2 unspecified atom stereocenters. The normalized spacial score (nSPS) is 26.4. The minimum absolute atomic E-state index is 0.221. The van der Waals surface area contributed by atoms with Gasteiger partial charge in [-0.1, -0.05) is 12.1 Å². The lowest BCUT2D eigenvalue weighted by atomic mass is 9.81. The molecule has 1 N–H and O–H groups in total. The largest absolute Gasteiger partial charge is 0.454 e. The molecule has 3 nitrogen and oxygen atoms in total. The number of hydrogen-bond donors (Lipinski definition) is 1. The summed E-state index contributed by atoms with van der Waals surface area (Å²) >= 11 is 0. The number of esters is 1. The molecule has 0 radical (unpaired) electrons. The second kappa shape index (κ2) is 5.76. The predicted octanol–water partition coefficient (Wildman–Crippen LogP) is 3.38. The topological polar surface area (TPSA) is 38.3 Å². The molecule has 1 fully saturated rings. The highest BCUT2D eigenvalue weighted by molar-refractivity contribution is 5.76. The van der Waals surface area contributed by atoms with Crippen LogP contribution in [-0.4, -0.2) is 18.6 Å². The van der Waals surface area contributed by atoms with Gasteiger partial charge in [0.2, 0.25) is 0 Å². The van der Waals surface area contributed by atoms with E-state index in [1.807, 2.05) is 20.8 Å². The molecule has 1 aliphatic heterocycles. The highest BCUT2D eigenvalue weighted by atomic mass is 19.1. The van der Waals surface area contributed by atoms with Crippen LogP contribution in [-0.2, 0) is 15.1 Å². The Hall–Kier alpha value is -1.42. The van der Waals surface area contributed by atoms with Crippen LogP contribution in [0.3, 0.4) is 0 Å². The molecule has 0 spiro atoms. The third kappa shape index (κ3) is 3.62. The number of carbonyl (C=O) groups excluding carboxylic acids is 1. The van der Waals surface area contributed by atoms with Crippen LogP contribution in [0, 0.1) is 11.2 Å². The molecule has 1 saturated heterocycles. The summed E-state index contributed by atoms with van der Waals surface area (Å²) in [5, 5.41) is 3.36. The summed E-state index contributed by atoms with van der Waals surface area (Å²) in [6.45, 7) is 8.38. The smallest absolute Gasteiger partial charge is 0.312 e. The first kappa shape index (κ1) is 16.0. The van der Waals surface area contributed by atoms with Crippen molar-refractivity contribution in [3.05, 3.63) is 35.6 Å². The van der Waals surface area contributed by atoms with E-state index in [4.69, 9.17) is 4.74 Å². The van der Waals surface area contributed by atoms with Crippen LogP contribution in [0.4, 0.5) is 4.39 Å². The van der Waals surface area contributed by atoms with Crippen molar-refractivity contribution in [1.82, 2.24) is 5.32 Å². The minimum atomic E-state index is -0.664. The van der Waals surface area contributed by atoms with Gasteiger partial charge >= 0.3 is 5.97 Å². The van der Waals surface area contributed by atoms with Gasteiger partial charge in [0.15, 0.2) is 0 Å². The lowest BCUT2D eigenvalue weighted by Crippen LogP contribution is -2.48. The number of benzene rings is 1. The van der Waals surface area contributed by atoms with E-state index in [9.17, 15) is 9.18 Å². The van der Waals surface area contributed by atoms with Crippen LogP contribution in [0.5, 0.6) is 0 Å². The van der Waals surface area contributed by atoms with Crippen molar-refractivity contribution < 1.29 is 13.9 Å². The fourth-order valence-corrected chi connectivity index (χ4v) is 2.69. The van der Waals surface area contributed by atoms with E-state index in [1.165, 1.54) is 12.1 Å². The van der Waals surface area contributed by atoms with Crippen LogP contribution in [0.25, 0.3) is 0 Å². The summed E-state index contributed by atoms with van der Waals surface area (Å²) in [4.78, 5) is 12.4. The van der Waals surface area contributed by atoms with Crippen molar-refractivity contribution in [3.63, 3.8) is 0 Å². The molecule has 116 valence electrons. The monoisotopic (exact) mass is 293 g/mol. The maximum atomic E-state index is 13.2. The fourth-order valence-electron chi connectivity index (χ4n) is 2.69. The molecule has 1 aromatic carbocycles. The van der Waals surface area contributed by atoms with Gasteiger partial charge in [-0.3, -0.25) is 4.79 Å². The quantitative estimate of drug-likeness (QED) is 0.850. The standard InChI is InChI=1S/C17H24FNO2/c1-12-11-17(9-10-19-12,21-15(20)16(2,3)4)13-5-7-14(18)8-6-13/h5-8,12,19H,9-11H2,1-4H3. The van der Waals surface area contributed by atoms with Gasteiger partial charge in [-0.2, -0.15) is 0 Å². The van der Waals surface area contributed by atoms with Gasteiger partial charge in [0.05, 0.1) is 5.41 Å². The second-order valence-electron chi connectivity index (χ2n) is 6.95. The predicted molar refractivity (Wildman–Crippen MR) is 80.3 cm³/mol. The molecule has 0 saturated carbocycles. The van der Waals surface area contributed by atoms with Crippen LogP contribution < -0.4 is 5.32 Å². The highest BCUT2D eigenvalue weighted by Crippen LogP contribution is 2.38. The Kier molecular flexibility index (Phi) is 4.38. The second-order valence-corrected chi connectivity index (χ2v) is 6.95. The number of hydrogen-bond acceptors (Lipinski definition) is 3. The molecule has 0 amide bonds. The van der Waals surface area contributed by atoms with Crippen LogP contribution in [0.15, 0.2) is 24.3 Å². The molecule has 0 aromatic heterocycles. The number of piperidine rings is 1. The average Bonchev–Trinajstić information content (AvgIpc) is 2.38. The molecule has 2 rings (SSSR count). The fraction of sp³-hybridized carbons (Fsp3) is 0.588. The molecule has 21 heavy (non-hydrogen) atoms. The third-order valence-electron chi connectivity index (χ3n) is 3.93. The average molecular weight is 293 g/mol. The summed E-state index contributed by atoms with van der Waals surface area (Å²) in [6, 6.07) is 6.55. The van der Waals surface area contributed by atoms with Crippen molar-refractivity contribution in [2.45, 2.75) is 52.2 Å². The zero-order valence-corrected chi connectivity index (χ0v) is 13.2. The van der Waals surface area contributed by atoms with Gasteiger partial charge in [-0.05, 0) is 51.9 Å². The number of nitrogens with one attached hydrogen (secondary N) is 1. The van der Waals surface area contributed by atoms with Crippen molar-refractivity contribution >= 4 is 5.97 Å². The maximum Gasteiger partial charge on any atom is 0.312 e. The number of rotatable bonds is 2. The molecular formula is C17H24FNO2. The first-order valence-electron chi connectivity index (χ1n) is 7.46. The number of carbonyl (C=O) groups is 1. The molecule has 1 aliphatic rings. The summed E-state index contributed by atoms with van der Waals surface area (Å²) in [6.07, 6.45) is 1.39. The molecular weight excluding hydrogens is 269 g/mol. The Morgan fingerprint density at radius 2 is 1.95 bits per heavy atom. The summed E-state index contributed by atoms with van der Waals surface area (Å²) in [5.74, 6) is -0.501. The van der Waals surface area contributed by atoms with Crippen molar-refractivity contribution in [2.24, 2.45) is 5.41 Å². The van der Waals surface area contributed by atoms with Crippen LogP contribution in [0.2, 0.25) is 0 Å². The Bertz CT molecular complexity index is 507.